The summed E-state index contributed by atoms with van der Waals surface area (Å²) >= 11 is 0. The molecule has 0 bridgehead atoms. The molecular weight excluding hydrogens is 216 g/mol. The van der Waals surface area contributed by atoms with Gasteiger partial charge in [-0.1, -0.05) is 20.3 Å². The summed E-state index contributed by atoms with van der Waals surface area (Å²) in [6.07, 6.45) is 3.35. The highest BCUT2D eigenvalue weighted by molar-refractivity contribution is 5.77. The zero-order chi connectivity index (χ0) is 12.7. The van der Waals surface area contributed by atoms with Crippen molar-refractivity contribution in [3.05, 3.63) is 0 Å². The molecule has 1 rings (SSSR count). The number of hydrogen-bond acceptors (Lipinski definition) is 3. The molecule has 1 saturated heterocycles. The van der Waals surface area contributed by atoms with Crippen LogP contribution in [0, 0.1) is 5.92 Å². The molecule has 0 aliphatic carbocycles. The van der Waals surface area contributed by atoms with Gasteiger partial charge in [0.1, 0.15) is 6.61 Å². The molecule has 0 aromatic heterocycles. The third-order valence-corrected chi connectivity index (χ3v) is 3.62. The second kappa shape index (κ2) is 7.67. The van der Waals surface area contributed by atoms with E-state index in [9.17, 15) is 4.79 Å². The zero-order valence-corrected chi connectivity index (χ0v) is 11.3. The Morgan fingerprint density at radius 2 is 2.06 bits per heavy atom. The Morgan fingerprint density at radius 1 is 1.41 bits per heavy atom. The Labute approximate surface area is 104 Å². The zero-order valence-electron chi connectivity index (χ0n) is 11.3. The lowest BCUT2D eigenvalue weighted by Crippen LogP contribution is -2.40. The number of piperidine rings is 1. The van der Waals surface area contributed by atoms with Crippen LogP contribution in [0.5, 0.6) is 0 Å². The van der Waals surface area contributed by atoms with E-state index in [-0.39, 0.29) is 24.7 Å². The van der Waals surface area contributed by atoms with E-state index in [2.05, 4.69) is 31.4 Å². The minimum absolute atomic E-state index is 0.0105. The molecule has 0 aromatic rings. The summed E-state index contributed by atoms with van der Waals surface area (Å²) in [4.78, 5) is 11.7. The Balaban J connectivity index is 2.15. The smallest absolute Gasteiger partial charge is 0.246 e. The highest BCUT2D eigenvalue weighted by Gasteiger charge is 2.17. The molecule has 0 radical (unpaired) electrons. The van der Waals surface area contributed by atoms with E-state index in [1.807, 2.05) is 0 Å². The van der Waals surface area contributed by atoms with Crippen molar-refractivity contribution in [2.45, 2.75) is 52.2 Å². The number of nitrogens with one attached hydrogen (secondary N) is 2. The van der Waals surface area contributed by atoms with E-state index in [1.165, 1.54) is 0 Å². The molecule has 4 nitrogen and oxygen atoms in total. The van der Waals surface area contributed by atoms with Gasteiger partial charge in [0.15, 0.2) is 0 Å². The summed E-state index contributed by atoms with van der Waals surface area (Å²) in [7, 11) is 0. The minimum atomic E-state index is 0.0105. The van der Waals surface area contributed by atoms with Crippen LogP contribution in [0.1, 0.15) is 40.0 Å². The molecule has 2 N–H and O–H groups in total. The van der Waals surface area contributed by atoms with E-state index in [4.69, 9.17) is 4.74 Å². The predicted octanol–water partition coefficient (Wildman–Crippen LogP) is 1.31. The van der Waals surface area contributed by atoms with Crippen molar-refractivity contribution in [3.63, 3.8) is 0 Å². The fourth-order valence-corrected chi connectivity index (χ4v) is 1.95. The predicted molar refractivity (Wildman–Crippen MR) is 68.9 cm³/mol. The normalized spacial score (nSPS) is 20.9. The summed E-state index contributed by atoms with van der Waals surface area (Å²) in [6, 6.07) is 0.226. The van der Waals surface area contributed by atoms with Gasteiger partial charge in [0.25, 0.3) is 0 Å². The average molecular weight is 242 g/mol. The SMILES string of the molecule is CCC(C)C(C)NC(=O)COC1CCNCC1. The molecule has 1 aliphatic heterocycles. The third-order valence-electron chi connectivity index (χ3n) is 3.62. The van der Waals surface area contributed by atoms with Crippen molar-refractivity contribution in [1.29, 1.82) is 0 Å². The van der Waals surface area contributed by atoms with Crippen LogP contribution in [-0.2, 0) is 9.53 Å². The molecular formula is C13H26N2O2. The first-order valence-electron chi connectivity index (χ1n) is 6.75. The van der Waals surface area contributed by atoms with Crippen LogP contribution in [0.4, 0.5) is 0 Å². The molecule has 100 valence electrons. The second-order valence-electron chi connectivity index (χ2n) is 5.00. The minimum Gasteiger partial charge on any atom is -0.368 e. The Kier molecular flexibility index (Phi) is 6.52. The van der Waals surface area contributed by atoms with Crippen molar-refractivity contribution in [2.75, 3.05) is 19.7 Å². The molecule has 0 saturated carbocycles. The molecule has 1 amide bonds. The molecule has 1 fully saturated rings. The first-order chi connectivity index (χ1) is 8.13. The van der Waals surface area contributed by atoms with Crippen LogP contribution in [0.15, 0.2) is 0 Å². The lowest BCUT2D eigenvalue weighted by Gasteiger charge is -2.24. The van der Waals surface area contributed by atoms with Gasteiger partial charge in [0.2, 0.25) is 5.91 Å². The topological polar surface area (TPSA) is 50.4 Å². The van der Waals surface area contributed by atoms with Crippen molar-refractivity contribution in [1.82, 2.24) is 10.6 Å². The maximum absolute atomic E-state index is 11.7. The highest BCUT2D eigenvalue weighted by Crippen LogP contribution is 2.08. The number of rotatable bonds is 6. The van der Waals surface area contributed by atoms with Crippen molar-refractivity contribution in [3.8, 4) is 0 Å². The Bertz CT molecular complexity index is 227. The van der Waals surface area contributed by atoms with E-state index in [0.29, 0.717) is 5.92 Å². The standard InChI is InChI=1S/C13H26N2O2/c1-4-10(2)11(3)15-13(16)9-17-12-5-7-14-8-6-12/h10-12,14H,4-9H2,1-3H3,(H,15,16). The van der Waals surface area contributed by atoms with Crippen LogP contribution in [-0.4, -0.2) is 37.7 Å². The largest absolute Gasteiger partial charge is 0.368 e. The highest BCUT2D eigenvalue weighted by atomic mass is 16.5. The van der Waals surface area contributed by atoms with Gasteiger partial charge >= 0.3 is 0 Å². The number of carbonyl (C=O) groups excluding carboxylic acids is 1. The lowest BCUT2D eigenvalue weighted by atomic mass is 10.0. The third kappa shape index (κ3) is 5.50. The average Bonchev–Trinajstić information content (AvgIpc) is 2.36. The fourth-order valence-electron chi connectivity index (χ4n) is 1.95. The van der Waals surface area contributed by atoms with Crippen LogP contribution < -0.4 is 10.6 Å². The summed E-state index contributed by atoms with van der Waals surface area (Å²) in [5, 5.41) is 6.27. The number of ether oxygens (including phenoxy) is 1. The molecule has 2 atom stereocenters. The Morgan fingerprint density at radius 3 is 2.65 bits per heavy atom. The number of hydrogen-bond donors (Lipinski definition) is 2. The second-order valence-corrected chi connectivity index (χ2v) is 5.00. The van der Waals surface area contributed by atoms with Crippen molar-refractivity contribution < 1.29 is 9.53 Å². The van der Waals surface area contributed by atoms with E-state index in [1.54, 1.807) is 0 Å². The van der Waals surface area contributed by atoms with Gasteiger partial charge < -0.3 is 15.4 Å². The molecule has 2 unspecified atom stereocenters. The van der Waals surface area contributed by atoms with Gasteiger partial charge in [-0.2, -0.15) is 0 Å². The van der Waals surface area contributed by atoms with Crippen LogP contribution in [0.2, 0.25) is 0 Å². The molecule has 1 aliphatic rings. The molecule has 4 heteroatoms. The fraction of sp³-hybridized carbons (Fsp3) is 0.923. The molecule has 1 heterocycles. The number of amides is 1. The summed E-state index contributed by atoms with van der Waals surface area (Å²) in [5.41, 5.74) is 0. The van der Waals surface area contributed by atoms with Gasteiger partial charge in [0, 0.05) is 6.04 Å². The monoisotopic (exact) mass is 242 g/mol. The van der Waals surface area contributed by atoms with E-state index in [0.717, 1.165) is 32.4 Å². The van der Waals surface area contributed by atoms with Gasteiger partial charge in [-0.15, -0.1) is 0 Å². The van der Waals surface area contributed by atoms with Gasteiger partial charge in [-0.25, -0.2) is 0 Å². The van der Waals surface area contributed by atoms with Crippen molar-refractivity contribution >= 4 is 5.91 Å². The molecule has 17 heavy (non-hydrogen) atoms. The van der Waals surface area contributed by atoms with E-state index < -0.39 is 0 Å². The molecule has 0 aromatic carbocycles. The quantitative estimate of drug-likeness (QED) is 0.738. The van der Waals surface area contributed by atoms with Gasteiger partial charge in [-0.3, -0.25) is 4.79 Å². The first-order valence-corrected chi connectivity index (χ1v) is 6.75. The van der Waals surface area contributed by atoms with Gasteiger partial charge in [0.05, 0.1) is 6.10 Å². The summed E-state index contributed by atoms with van der Waals surface area (Å²) < 4.78 is 5.61. The van der Waals surface area contributed by atoms with Gasteiger partial charge in [-0.05, 0) is 38.8 Å². The van der Waals surface area contributed by atoms with Crippen LogP contribution in [0.25, 0.3) is 0 Å². The number of carbonyl (C=O) groups is 1. The maximum atomic E-state index is 11.7. The van der Waals surface area contributed by atoms with E-state index >= 15 is 0 Å². The first kappa shape index (κ1) is 14.5. The molecule has 0 spiro atoms. The summed E-state index contributed by atoms with van der Waals surface area (Å²) in [5.74, 6) is 0.522. The van der Waals surface area contributed by atoms with Crippen LogP contribution in [0.3, 0.4) is 0 Å². The summed E-state index contributed by atoms with van der Waals surface area (Å²) in [6.45, 7) is 8.53. The van der Waals surface area contributed by atoms with Crippen LogP contribution >= 0.6 is 0 Å². The maximum Gasteiger partial charge on any atom is 0.246 e. The Hall–Kier alpha value is -0.610. The lowest BCUT2D eigenvalue weighted by molar-refractivity contribution is -0.129. The van der Waals surface area contributed by atoms with Crippen molar-refractivity contribution in [2.24, 2.45) is 5.92 Å².